The van der Waals surface area contributed by atoms with Gasteiger partial charge in [0.25, 0.3) is 0 Å². The predicted octanol–water partition coefficient (Wildman–Crippen LogP) is 15.1. The molecule has 0 aliphatic heterocycles. The van der Waals surface area contributed by atoms with Crippen LogP contribution in [0.5, 0.6) is 0 Å². The fraction of sp³-hybridized carbons (Fsp3) is 0. The molecule has 0 fully saturated rings. The third kappa shape index (κ3) is 4.77. The molecule has 3 heterocycles. The van der Waals surface area contributed by atoms with Crippen molar-refractivity contribution in [3.05, 3.63) is 206 Å². The molecule has 4 nitrogen and oxygen atoms in total. The Labute approximate surface area is 356 Å². The van der Waals surface area contributed by atoms with Gasteiger partial charge in [-0.1, -0.05) is 127 Å². The van der Waals surface area contributed by atoms with E-state index < -0.39 is 0 Å². The van der Waals surface area contributed by atoms with Gasteiger partial charge in [0.15, 0.2) is 5.82 Å². The first kappa shape index (κ1) is 33.5. The second-order valence-electron chi connectivity index (χ2n) is 16.6. The van der Waals surface area contributed by atoms with Crippen LogP contribution >= 0.6 is 0 Å². The third-order valence-electron chi connectivity index (χ3n) is 13.2. The summed E-state index contributed by atoms with van der Waals surface area (Å²) in [5.41, 5.74) is 16.1. The largest absolute Gasteiger partial charge is 0.309 e. The van der Waals surface area contributed by atoms with Crippen LogP contribution in [0, 0.1) is 0 Å². The molecule has 0 spiro atoms. The highest BCUT2D eigenvalue weighted by atomic mass is 15.0. The maximum absolute atomic E-state index is 5.20. The zero-order valence-electron chi connectivity index (χ0n) is 33.4. The molecule has 0 bridgehead atoms. The minimum Gasteiger partial charge on any atom is -0.309 e. The van der Waals surface area contributed by atoms with Crippen LogP contribution in [-0.4, -0.2) is 19.1 Å². The fourth-order valence-corrected chi connectivity index (χ4v) is 10.3. The van der Waals surface area contributed by atoms with E-state index in [9.17, 15) is 0 Å². The summed E-state index contributed by atoms with van der Waals surface area (Å²) >= 11 is 0. The standard InChI is InChI=1S/C58H34N4/c1-2-13-42(14-3-1)61-52-20-9-8-16-45(52)48-32-39(24-27-53(48)61)40-25-28-54-49(33-40)50-31-35-11-4-5-12-36(35)34-55(50)62(54)43-26-23-37-29-41(22-21-38(37)30-43)58-59-51-19-10-18-46-44-15-6-7-17-47(44)57(60-58)56(46)51/h1-34H. The Morgan fingerprint density at radius 1 is 0.306 bits per heavy atom. The highest BCUT2D eigenvalue weighted by Crippen LogP contribution is 2.46. The number of para-hydroxylation sites is 2. The van der Waals surface area contributed by atoms with Gasteiger partial charge in [-0.2, -0.15) is 0 Å². The lowest BCUT2D eigenvalue weighted by molar-refractivity contribution is 1.18. The average Bonchev–Trinajstić information content (AvgIpc) is 3.96. The predicted molar refractivity (Wildman–Crippen MR) is 259 cm³/mol. The van der Waals surface area contributed by atoms with Crippen LogP contribution in [0.2, 0.25) is 0 Å². The molecule has 1 aliphatic carbocycles. The number of hydrogen-bond acceptors (Lipinski definition) is 2. The molecule has 0 N–H and O–H groups in total. The van der Waals surface area contributed by atoms with Crippen LogP contribution in [0.4, 0.5) is 0 Å². The van der Waals surface area contributed by atoms with Gasteiger partial charge < -0.3 is 9.13 Å². The van der Waals surface area contributed by atoms with Crippen molar-refractivity contribution in [2.45, 2.75) is 0 Å². The summed E-state index contributed by atoms with van der Waals surface area (Å²) < 4.78 is 4.81. The van der Waals surface area contributed by atoms with E-state index in [4.69, 9.17) is 9.97 Å². The first-order valence-corrected chi connectivity index (χ1v) is 21.2. The van der Waals surface area contributed by atoms with Gasteiger partial charge in [0.2, 0.25) is 0 Å². The smallest absolute Gasteiger partial charge is 0.160 e. The van der Waals surface area contributed by atoms with Gasteiger partial charge in [0, 0.05) is 49.4 Å². The van der Waals surface area contributed by atoms with Crippen molar-refractivity contribution < 1.29 is 0 Å². The number of hydrogen-bond donors (Lipinski definition) is 0. The highest BCUT2D eigenvalue weighted by Gasteiger charge is 2.24. The van der Waals surface area contributed by atoms with Gasteiger partial charge in [0.05, 0.1) is 33.3 Å². The molecule has 0 radical (unpaired) electrons. The molecular formula is C58H34N4. The van der Waals surface area contributed by atoms with E-state index in [1.165, 1.54) is 93.3 Å². The number of aromatic nitrogens is 4. The lowest BCUT2D eigenvalue weighted by Gasteiger charge is -2.11. The molecule has 13 aromatic rings. The SMILES string of the molecule is c1ccc(-n2c3ccccc3c3cc(-c4ccc5c(c4)c4cc6ccccc6cc4n5-c4ccc5cc(-c6nc7c8c(cccc8n6)-c6ccccc6-7)ccc5c4)ccc32)cc1. The second kappa shape index (κ2) is 12.6. The minimum atomic E-state index is 0.749. The van der Waals surface area contributed by atoms with Gasteiger partial charge in [-0.3, -0.25) is 0 Å². The Balaban J connectivity index is 0.911. The summed E-state index contributed by atoms with van der Waals surface area (Å²) in [5, 5.41) is 10.9. The second-order valence-corrected chi connectivity index (χ2v) is 16.6. The maximum Gasteiger partial charge on any atom is 0.160 e. The van der Waals surface area contributed by atoms with Crippen LogP contribution in [0.3, 0.4) is 0 Å². The summed E-state index contributed by atoms with van der Waals surface area (Å²) in [6.07, 6.45) is 0. The van der Waals surface area contributed by atoms with Crippen LogP contribution in [-0.2, 0) is 0 Å². The van der Waals surface area contributed by atoms with Gasteiger partial charge in [0.1, 0.15) is 0 Å². The topological polar surface area (TPSA) is 35.6 Å². The monoisotopic (exact) mass is 786 g/mol. The Morgan fingerprint density at radius 3 is 1.74 bits per heavy atom. The van der Waals surface area contributed by atoms with Crippen molar-refractivity contribution in [1.29, 1.82) is 0 Å². The number of rotatable bonds is 4. The summed E-state index contributed by atoms with van der Waals surface area (Å²) in [7, 11) is 0. The Kier molecular flexibility index (Phi) is 6.80. The van der Waals surface area contributed by atoms with Crippen LogP contribution in [0.15, 0.2) is 206 Å². The van der Waals surface area contributed by atoms with E-state index >= 15 is 0 Å². The summed E-state index contributed by atoms with van der Waals surface area (Å²) in [6.45, 7) is 0. The lowest BCUT2D eigenvalue weighted by Crippen LogP contribution is -1.95. The zero-order valence-corrected chi connectivity index (χ0v) is 33.4. The molecule has 1 aliphatic rings. The average molecular weight is 787 g/mol. The van der Waals surface area contributed by atoms with Crippen LogP contribution in [0.1, 0.15) is 0 Å². The van der Waals surface area contributed by atoms with Crippen LogP contribution in [0.25, 0.3) is 132 Å². The Morgan fingerprint density at radius 2 is 0.903 bits per heavy atom. The number of benzene rings is 10. The van der Waals surface area contributed by atoms with Gasteiger partial charge in [-0.05, 0) is 123 Å². The molecule has 0 atom stereocenters. The first-order valence-electron chi connectivity index (χ1n) is 21.2. The molecule has 4 heteroatoms. The number of fused-ring (bicyclic) bond motifs is 11. The molecular weight excluding hydrogens is 753 g/mol. The highest BCUT2D eigenvalue weighted by molar-refractivity contribution is 6.16. The number of nitrogens with zero attached hydrogens (tertiary/aromatic N) is 4. The third-order valence-corrected chi connectivity index (χ3v) is 13.2. The van der Waals surface area contributed by atoms with Crippen molar-refractivity contribution in [3.63, 3.8) is 0 Å². The molecule has 62 heavy (non-hydrogen) atoms. The van der Waals surface area contributed by atoms with E-state index in [-0.39, 0.29) is 0 Å². The molecule has 0 unspecified atom stereocenters. The van der Waals surface area contributed by atoms with E-state index in [1.807, 2.05) is 0 Å². The van der Waals surface area contributed by atoms with Crippen molar-refractivity contribution in [2.24, 2.45) is 0 Å². The van der Waals surface area contributed by atoms with Gasteiger partial charge in [-0.25, -0.2) is 9.97 Å². The summed E-state index contributed by atoms with van der Waals surface area (Å²) in [6, 6.07) is 75.1. The van der Waals surface area contributed by atoms with Crippen molar-refractivity contribution in [3.8, 4) is 56.3 Å². The van der Waals surface area contributed by atoms with Crippen molar-refractivity contribution in [1.82, 2.24) is 19.1 Å². The summed E-state index contributed by atoms with van der Waals surface area (Å²) in [5.74, 6) is 0.749. The quantitative estimate of drug-likeness (QED) is 0.178. The zero-order chi connectivity index (χ0) is 40.5. The molecule has 0 amide bonds. The van der Waals surface area contributed by atoms with Crippen molar-refractivity contribution >= 4 is 76.1 Å². The molecule has 0 saturated heterocycles. The van der Waals surface area contributed by atoms with Gasteiger partial charge >= 0.3 is 0 Å². The fourth-order valence-electron chi connectivity index (χ4n) is 10.3. The molecule has 10 aromatic carbocycles. The molecule has 3 aromatic heterocycles. The van der Waals surface area contributed by atoms with E-state index in [0.717, 1.165) is 39.1 Å². The van der Waals surface area contributed by atoms with E-state index in [2.05, 4.69) is 215 Å². The van der Waals surface area contributed by atoms with Crippen molar-refractivity contribution in [2.75, 3.05) is 0 Å². The van der Waals surface area contributed by atoms with Gasteiger partial charge in [-0.15, -0.1) is 0 Å². The Bertz CT molecular complexity index is 4040. The summed E-state index contributed by atoms with van der Waals surface area (Å²) in [4.78, 5) is 10.3. The van der Waals surface area contributed by atoms with Crippen LogP contribution < -0.4 is 0 Å². The molecule has 0 saturated carbocycles. The molecule has 14 rings (SSSR count). The Hall–Kier alpha value is -8.34. The lowest BCUT2D eigenvalue weighted by atomic mass is 10.00. The van der Waals surface area contributed by atoms with E-state index in [0.29, 0.717) is 0 Å². The molecule has 286 valence electrons. The van der Waals surface area contributed by atoms with E-state index in [1.54, 1.807) is 0 Å². The maximum atomic E-state index is 5.20. The normalized spacial score (nSPS) is 12.2. The minimum absolute atomic E-state index is 0.749. The first-order chi connectivity index (χ1) is 30.7.